The van der Waals surface area contributed by atoms with Gasteiger partial charge in [0.25, 0.3) is 0 Å². The van der Waals surface area contributed by atoms with E-state index in [4.69, 9.17) is 0 Å². The predicted octanol–water partition coefficient (Wildman–Crippen LogP) is 6.09. The van der Waals surface area contributed by atoms with Gasteiger partial charge in [-0.05, 0) is 0 Å². The number of halogens is 2. The molecule has 0 aliphatic heterocycles. The van der Waals surface area contributed by atoms with Gasteiger partial charge in [-0.1, -0.05) is 0 Å². The Morgan fingerprint density at radius 3 is 1.67 bits per heavy atom. The van der Waals surface area contributed by atoms with E-state index in [-0.39, 0.29) is 35.6 Å². The first kappa shape index (κ1) is 37.2. The molecule has 0 amide bonds. The maximum absolute atomic E-state index is 2.95. The van der Waals surface area contributed by atoms with E-state index in [1.54, 1.807) is 16.7 Å². The molecule has 0 radical (unpaired) electrons. The second-order valence-electron chi connectivity index (χ2n) is 18.5. The summed E-state index contributed by atoms with van der Waals surface area (Å²) in [4.78, 5) is 0. The van der Waals surface area contributed by atoms with E-state index in [9.17, 15) is 0 Å². The van der Waals surface area contributed by atoms with Crippen LogP contribution in [0.4, 0.5) is 0 Å². The van der Waals surface area contributed by atoms with Crippen molar-refractivity contribution in [2.45, 2.75) is 115 Å². The van der Waals surface area contributed by atoms with Crippen LogP contribution in [-0.4, -0.2) is 3.71 Å². The van der Waals surface area contributed by atoms with Crippen LogP contribution < -0.4 is 24.8 Å². The van der Waals surface area contributed by atoms with Crippen LogP contribution in [-0.2, 0) is 38.5 Å². The molecule has 4 fully saturated rings. The van der Waals surface area contributed by atoms with Crippen molar-refractivity contribution in [2.75, 3.05) is 0 Å². The molecule has 6 aliphatic carbocycles. The van der Waals surface area contributed by atoms with Crippen LogP contribution in [0.3, 0.4) is 0 Å². The van der Waals surface area contributed by atoms with Crippen LogP contribution in [0.2, 0.25) is 0 Å². The number of allylic oxidation sites excluding steroid dienone is 4. The minimum atomic E-state index is -2.53. The van der Waals surface area contributed by atoms with Gasteiger partial charge in [0.1, 0.15) is 0 Å². The molecule has 6 aliphatic rings. The van der Waals surface area contributed by atoms with Crippen LogP contribution in [0.15, 0.2) is 87.2 Å². The molecule has 258 valence electrons. The Hall–Kier alpha value is -1.53. The van der Waals surface area contributed by atoms with Crippen molar-refractivity contribution in [3.8, 4) is 11.1 Å². The first-order chi connectivity index (χ1) is 22.3. The van der Waals surface area contributed by atoms with E-state index in [0.717, 1.165) is 24.2 Å². The number of hydrogen-bond acceptors (Lipinski definition) is 0. The van der Waals surface area contributed by atoms with Crippen LogP contribution in [0.1, 0.15) is 125 Å². The predicted molar refractivity (Wildman–Crippen MR) is 198 cm³/mol. The van der Waals surface area contributed by atoms with Gasteiger partial charge < -0.3 is 24.8 Å². The molecule has 4 saturated carbocycles. The number of hydrogen-bond donors (Lipinski definition) is 0. The first-order valence-corrected chi connectivity index (χ1v) is 22.8. The molecule has 1 atom stereocenters. The number of benzene rings is 3. The fraction of sp³-hybridized carbons (Fsp3) is 0.500. The number of rotatable bonds is 5. The van der Waals surface area contributed by atoms with E-state index < -0.39 is 21.3 Å². The minimum Gasteiger partial charge on any atom is -1.00 e. The van der Waals surface area contributed by atoms with Gasteiger partial charge in [-0.15, -0.1) is 0 Å². The summed E-state index contributed by atoms with van der Waals surface area (Å²) in [6.07, 6.45) is 12.7. The molecule has 3 aromatic rings. The zero-order chi connectivity index (χ0) is 32.9. The summed E-state index contributed by atoms with van der Waals surface area (Å²) in [6, 6.07) is 26.7. The molecule has 4 bridgehead atoms. The van der Waals surface area contributed by atoms with Gasteiger partial charge in [0.05, 0.1) is 0 Å². The van der Waals surface area contributed by atoms with Crippen molar-refractivity contribution >= 4 is 3.71 Å². The van der Waals surface area contributed by atoms with Crippen molar-refractivity contribution < 1.29 is 46.1 Å². The molecule has 1 unspecified atom stereocenters. The number of fused-ring (bicyclic) bond motifs is 3. The maximum Gasteiger partial charge on any atom is -1.00 e. The third-order valence-corrected chi connectivity index (χ3v) is 20.9. The van der Waals surface area contributed by atoms with Gasteiger partial charge >= 0.3 is 295 Å². The zero-order valence-corrected chi connectivity index (χ0v) is 35.1. The summed E-state index contributed by atoms with van der Waals surface area (Å²) >= 11 is -2.53. The Bertz CT molecular complexity index is 1730. The fourth-order valence-corrected chi connectivity index (χ4v) is 20.5. The van der Waals surface area contributed by atoms with Gasteiger partial charge in [-0.2, -0.15) is 0 Å². The average Bonchev–Trinajstić information content (AvgIpc) is 3.49. The summed E-state index contributed by atoms with van der Waals surface area (Å²) in [5, 5.41) is 0. The monoisotopic (exact) mass is 768 g/mol. The third kappa shape index (κ3) is 6.55. The normalized spacial score (nSPS) is 27.1. The zero-order valence-electron chi connectivity index (χ0n) is 31.1. The molecule has 0 saturated heterocycles. The Balaban J connectivity index is 0.00000208. The second-order valence-corrected chi connectivity index (χ2v) is 24.5. The summed E-state index contributed by atoms with van der Waals surface area (Å²) in [7, 11) is 0. The fourth-order valence-electron chi connectivity index (χ4n) is 11.3. The van der Waals surface area contributed by atoms with Crippen molar-refractivity contribution in [1.82, 2.24) is 0 Å². The van der Waals surface area contributed by atoms with Crippen LogP contribution in [0.25, 0.3) is 11.1 Å². The van der Waals surface area contributed by atoms with E-state index in [2.05, 4.69) is 132 Å². The van der Waals surface area contributed by atoms with E-state index in [1.807, 2.05) is 8.85 Å². The van der Waals surface area contributed by atoms with Crippen LogP contribution in [0, 0.1) is 29.1 Å². The van der Waals surface area contributed by atoms with Crippen LogP contribution >= 0.6 is 0 Å². The summed E-state index contributed by atoms with van der Waals surface area (Å²) in [6.45, 7) is 19.3. The topological polar surface area (TPSA) is 0 Å². The second kappa shape index (κ2) is 13.5. The molecule has 0 nitrogen and oxygen atoms in total. The van der Waals surface area contributed by atoms with E-state index in [0.29, 0.717) is 15.0 Å². The van der Waals surface area contributed by atoms with E-state index >= 15 is 0 Å². The molecule has 0 heterocycles. The van der Waals surface area contributed by atoms with Crippen molar-refractivity contribution in [3.05, 3.63) is 115 Å². The van der Waals surface area contributed by atoms with Gasteiger partial charge in [0, 0.05) is 0 Å². The largest absolute Gasteiger partial charge is 1.00 e. The molecule has 0 spiro atoms. The Labute approximate surface area is 317 Å². The minimum absolute atomic E-state index is 0. The third-order valence-electron chi connectivity index (χ3n) is 13.0. The quantitative estimate of drug-likeness (QED) is 0.295. The first-order valence-electron chi connectivity index (χ1n) is 18.8. The molecule has 49 heavy (non-hydrogen) atoms. The molecule has 3 aromatic carbocycles. The summed E-state index contributed by atoms with van der Waals surface area (Å²) in [5.41, 5.74) is 15.0. The van der Waals surface area contributed by atoms with Gasteiger partial charge in [-0.25, -0.2) is 0 Å². The molecular weight excluding hydrogens is 715 g/mol. The van der Waals surface area contributed by atoms with E-state index in [1.165, 1.54) is 66.3 Å². The van der Waals surface area contributed by atoms with Gasteiger partial charge in [-0.3, -0.25) is 0 Å². The molecule has 9 rings (SSSR count). The standard InChI is InChI=1S/C21H25.C17H23.C8H8.2ClH.Zr/c1-20(2,3)16-9-7-14-11-15-8-10-17(21(4,5)6)13-19(15)18(14)12-16;1-11-3-12(2)16(4-11)17-8-13-5-14(9-17)7-15(6-13)10-17;1-2-8-6-4-3-5-7-8;;;/h7-13H,1-6H3;3,11,13-15H,5-10H2,1-2H3;1,3-7H,2H2;2*1H;/q;;;;;+2/p-2. The molecular formula is C46H56Cl2Zr. The van der Waals surface area contributed by atoms with Crippen LogP contribution in [0.5, 0.6) is 0 Å². The van der Waals surface area contributed by atoms with Gasteiger partial charge in [0.2, 0.25) is 0 Å². The molecule has 0 aromatic heterocycles. The maximum atomic E-state index is 2.95. The van der Waals surface area contributed by atoms with Crippen molar-refractivity contribution in [2.24, 2.45) is 29.1 Å². The molecule has 3 heteroatoms. The average molecular weight is 771 g/mol. The Kier molecular flexibility index (Phi) is 10.2. The Morgan fingerprint density at radius 2 is 1.20 bits per heavy atom. The van der Waals surface area contributed by atoms with Crippen molar-refractivity contribution in [3.63, 3.8) is 0 Å². The summed E-state index contributed by atoms with van der Waals surface area (Å²) in [5.74, 6) is 3.48. The smallest absolute Gasteiger partial charge is 1.00 e. The summed E-state index contributed by atoms with van der Waals surface area (Å²) < 4.78 is 5.45. The van der Waals surface area contributed by atoms with Gasteiger partial charge in [0.15, 0.2) is 0 Å². The Morgan fingerprint density at radius 1 is 0.714 bits per heavy atom. The molecule has 0 N–H and O–H groups in total. The van der Waals surface area contributed by atoms with Crippen molar-refractivity contribution in [1.29, 1.82) is 0 Å². The SMILES string of the molecule is CC1=CC(C)[C](/[Zr+2](=[CH]/Cc2ccccc2)[CH]2c3ccc(C(C)(C)C)cc3-c3cc(C(C)(C)C)ccc32)=C1C12CC3CC(CC(C3)C1)C2.[Cl-].[Cl-].